The molecule has 2 heterocycles. The van der Waals surface area contributed by atoms with Crippen LogP contribution in [-0.2, 0) is 9.47 Å². The lowest BCUT2D eigenvalue weighted by Gasteiger charge is -2.38. The zero-order valence-electron chi connectivity index (χ0n) is 12.3. The summed E-state index contributed by atoms with van der Waals surface area (Å²) < 4.78 is 10.5. The molecule has 1 saturated heterocycles. The smallest absolute Gasteiger partial charge is 0.260 e. The number of aryl methyl sites for hydroxylation is 1. The second-order valence-electron chi connectivity index (χ2n) is 5.17. The quantitative estimate of drug-likeness (QED) is 0.787. The number of nitrogens with one attached hydrogen (secondary N) is 1. The molecule has 2 N–H and O–H groups in total. The molecule has 21 heavy (non-hydrogen) atoms. The lowest BCUT2D eigenvalue weighted by atomic mass is 10.0. The number of methoxy groups -OCH3 is 1. The molecule has 1 aromatic heterocycles. The maximum absolute atomic E-state index is 12.4. The van der Waals surface area contributed by atoms with E-state index in [1.807, 2.05) is 0 Å². The van der Waals surface area contributed by atoms with Crippen LogP contribution in [0.3, 0.4) is 0 Å². The van der Waals surface area contributed by atoms with Crippen molar-refractivity contribution in [1.82, 2.24) is 9.88 Å². The standard InChI is InChI=1S/C14H20N2O5/c1-8-4-5-9(13(18)15-8)14(19)16(2)10-6-21-7-11(20-3)12(10)17/h4-5,10-12,17H,6-7H2,1-3H3,(H,15,18)/t10-,11-,12+/m1/s1. The number of nitrogens with zero attached hydrogens (tertiary/aromatic N) is 1. The fourth-order valence-electron chi connectivity index (χ4n) is 2.38. The van der Waals surface area contributed by atoms with Gasteiger partial charge in [0.25, 0.3) is 11.5 Å². The molecule has 3 atom stereocenters. The molecule has 7 nitrogen and oxygen atoms in total. The predicted octanol–water partition coefficient (Wildman–Crippen LogP) is -0.470. The topological polar surface area (TPSA) is 91.9 Å². The highest BCUT2D eigenvalue weighted by Crippen LogP contribution is 2.17. The number of carbonyl (C=O) groups excluding carboxylic acids is 1. The van der Waals surface area contributed by atoms with Gasteiger partial charge in [-0.05, 0) is 19.1 Å². The van der Waals surface area contributed by atoms with Crippen molar-refractivity contribution >= 4 is 5.91 Å². The average molecular weight is 296 g/mol. The van der Waals surface area contributed by atoms with Gasteiger partial charge in [0.1, 0.15) is 17.8 Å². The van der Waals surface area contributed by atoms with Crippen LogP contribution < -0.4 is 5.56 Å². The maximum atomic E-state index is 12.4. The van der Waals surface area contributed by atoms with Crippen molar-refractivity contribution in [2.24, 2.45) is 0 Å². The van der Waals surface area contributed by atoms with Crippen LogP contribution in [0.5, 0.6) is 0 Å². The van der Waals surface area contributed by atoms with E-state index in [9.17, 15) is 14.7 Å². The Bertz CT molecular complexity index is 571. The summed E-state index contributed by atoms with van der Waals surface area (Å²) in [4.78, 5) is 28.2. The third-order valence-corrected chi connectivity index (χ3v) is 3.75. The SMILES string of the molecule is CO[C@@H]1COC[C@@H](N(C)C(=O)c2ccc(C)[nH]c2=O)[C@@H]1O. The Hall–Kier alpha value is -1.70. The van der Waals surface area contributed by atoms with E-state index in [2.05, 4.69) is 4.98 Å². The number of hydrogen-bond donors (Lipinski definition) is 2. The van der Waals surface area contributed by atoms with E-state index in [-0.39, 0.29) is 18.8 Å². The summed E-state index contributed by atoms with van der Waals surface area (Å²) in [5, 5.41) is 10.2. The molecule has 1 aromatic rings. The molecule has 0 unspecified atom stereocenters. The minimum atomic E-state index is -0.859. The van der Waals surface area contributed by atoms with Crippen LogP contribution in [0, 0.1) is 6.92 Å². The zero-order chi connectivity index (χ0) is 15.6. The van der Waals surface area contributed by atoms with Gasteiger partial charge >= 0.3 is 0 Å². The number of aromatic amines is 1. The van der Waals surface area contributed by atoms with Gasteiger partial charge in [-0.15, -0.1) is 0 Å². The van der Waals surface area contributed by atoms with Crippen molar-refractivity contribution in [2.75, 3.05) is 27.4 Å². The zero-order valence-corrected chi connectivity index (χ0v) is 12.3. The van der Waals surface area contributed by atoms with Gasteiger partial charge in [-0.25, -0.2) is 0 Å². The van der Waals surface area contributed by atoms with Crippen molar-refractivity contribution in [2.45, 2.75) is 25.2 Å². The van der Waals surface area contributed by atoms with E-state index < -0.39 is 29.7 Å². The number of rotatable bonds is 3. The van der Waals surface area contributed by atoms with E-state index >= 15 is 0 Å². The Labute approximate surface area is 122 Å². The van der Waals surface area contributed by atoms with Crippen molar-refractivity contribution in [3.05, 3.63) is 33.7 Å². The van der Waals surface area contributed by atoms with E-state index in [0.29, 0.717) is 5.69 Å². The summed E-state index contributed by atoms with van der Waals surface area (Å²) in [6, 6.07) is 2.59. The molecule has 1 amide bonds. The summed E-state index contributed by atoms with van der Waals surface area (Å²) in [5.41, 5.74) is 0.274. The Kier molecular flexibility index (Phi) is 4.76. The first-order chi connectivity index (χ1) is 9.95. The monoisotopic (exact) mass is 296 g/mol. The minimum absolute atomic E-state index is 0.0369. The molecule has 0 radical (unpaired) electrons. The molecule has 116 valence electrons. The number of aromatic nitrogens is 1. The molecule has 0 aromatic carbocycles. The Morgan fingerprint density at radius 3 is 2.81 bits per heavy atom. The maximum Gasteiger partial charge on any atom is 0.260 e. The Morgan fingerprint density at radius 1 is 1.48 bits per heavy atom. The first-order valence-electron chi connectivity index (χ1n) is 6.71. The van der Waals surface area contributed by atoms with Crippen LogP contribution in [0.4, 0.5) is 0 Å². The highest BCUT2D eigenvalue weighted by atomic mass is 16.5. The van der Waals surface area contributed by atoms with Gasteiger partial charge in [0.2, 0.25) is 0 Å². The Morgan fingerprint density at radius 2 is 2.19 bits per heavy atom. The van der Waals surface area contributed by atoms with Crippen LogP contribution in [0.25, 0.3) is 0 Å². The van der Waals surface area contributed by atoms with E-state index in [1.54, 1.807) is 13.0 Å². The number of amides is 1. The molecular formula is C14H20N2O5. The van der Waals surface area contributed by atoms with E-state index in [1.165, 1.54) is 25.1 Å². The van der Waals surface area contributed by atoms with Gasteiger partial charge in [-0.2, -0.15) is 0 Å². The number of ether oxygens (including phenoxy) is 2. The van der Waals surface area contributed by atoms with Crippen molar-refractivity contribution in [3.8, 4) is 0 Å². The first-order valence-corrected chi connectivity index (χ1v) is 6.71. The van der Waals surface area contributed by atoms with Crippen molar-refractivity contribution in [3.63, 3.8) is 0 Å². The minimum Gasteiger partial charge on any atom is -0.388 e. The van der Waals surface area contributed by atoms with E-state index in [0.717, 1.165) is 0 Å². The fourth-order valence-corrected chi connectivity index (χ4v) is 2.38. The number of aliphatic hydroxyl groups excluding tert-OH is 1. The van der Waals surface area contributed by atoms with Gasteiger partial charge < -0.3 is 24.5 Å². The molecular weight excluding hydrogens is 276 g/mol. The molecule has 1 aliphatic rings. The highest BCUT2D eigenvalue weighted by Gasteiger charge is 2.37. The first kappa shape index (κ1) is 15.7. The predicted molar refractivity (Wildman–Crippen MR) is 75.3 cm³/mol. The van der Waals surface area contributed by atoms with Gasteiger partial charge in [0, 0.05) is 19.9 Å². The number of hydrogen-bond acceptors (Lipinski definition) is 5. The number of pyridine rings is 1. The molecule has 2 rings (SSSR count). The number of carbonyl (C=O) groups is 1. The molecule has 0 bridgehead atoms. The highest BCUT2D eigenvalue weighted by molar-refractivity contribution is 5.93. The Balaban J connectivity index is 2.20. The fraction of sp³-hybridized carbons (Fsp3) is 0.571. The van der Waals surface area contributed by atoms with Crippen molar-refractivity contribution in [1.29, 1.82) is 0 Å². The second-order valence-corrected chi connectivity index (χ2v) is 5.17. The van der Waals surface area contributed by atoms with Gasteiger partial charge in [-0.1, -0.05) is 0 Å². The average Bonchev–Trinajstić information content (AvgIpc) is 2.46. The normalized spacial score (nSPS) is 25.6. The summed E-state index contributed by atoms with van der Waals surface area (Å²) in [6.07, 6.45) is -1.35. The third-order valence-electron chi connectivity index (χ3n) is 3.75. The van der Waals surface area contributed by atoms with Crippen LogP contribution in [0.15, 0.2) is 16.9 Å². The lowest BCUT2D eigenvalue weighted by molar-refractivity contribution is -0.135. The van der Waals surface area contributed by atoms with Crippen LogP contribution in [0.2, 0.25) is 0 Å². The number of likely N-dealkylation sites (N-methyl/N-ethyl adjacent to an activating group) is 1. The summed E-state index contributed by atoms with van der Waals surface area (Å²) in [7, 11) is 3.02. The summed E-state index contributed by atoms with van der Waals surface area (Å²) in [6.45, 7) is 2.22. The number of H-pyrrole nitrogens is 1. The van der Waals surface area contributed by atoms with Crippen molar-refractivity contribution < 1.29 is 19.4 Å². The molecule has 0 saturated carbocycles. The molecule has 0 aliphatic carbocycles. The molecule has 7 heteroatoms. The molecule has 1 fully saturated rings. The summed E-state index contributed by atoms with van der Waals surface area (Å²) >= 11 is 0. The third kappa shape index (κ3) is 3.15. The van der Waals surface area contributed by atoms with E-state index in [4.69, 9.17) is 9.47 Å². The molecule has 0 spiro atoms. The van der Waals surface area contributed by atoms with Crippen LogP contribution in [0.1, 0.15) is 16.1 Å². The molecule has 1 aliphatic heterocycles. The van der Waals surface area contributed by atoms with Gasteiger partial charge in [-0.3, -0.25) is 9.59 Å². The van der Waals surface area contributed by atoms with Gasteiger partial charge in [0.15, 0.2) is 0 Å². The second kappa shape index (κ2) is 6.38. The summed E-state index contributed by atoms with van der Waals surface area (Å²) in [5.74, 6) is -0.458. The van der Waals surface area contributed by atoms with Gasteiger partial charge in [0.05, 0.1) is 19.3 Å². The number of aliphatic hydroxyl groups is 1. The largest absolute Gasteiger partial charge is 0.388 e. The van der Waals surface area contributed by atoms with Crippen LogP contribution in [-0.4, -0.2) is 66.5 Å². The van der Waals surface area contributed by atoms with Crippen LogP contribution >= 0.6 is 0 Å². The lowest BCUT2D eigenvalue weighted by Crippen LogP contribution is -2.57.